The molecule has 0 spiro atoms. The number of piperidine rings is 1. The van der Waals surface area contributed by atoms with Crippen molar-refractivity contribution in [2.24, 2.45) is 5.73 Å². The Morgan fingerprint density at radius 3 is 2.57 bits per heavy atom. The Labute approximate surface area is 126 Å². The third kappa shape index (κ3) is 3.54. The summed E-state index contributed by atoms with van der Waals surface area (Å²) in [7, 11) is 5.68. The molecule has 1 amide bonds. The zero-order valence-corrected chi connectivity index (χ0v) is 13.1. The number of anilines is 1. The molecule has 0 aliphatic carbocycles. The summed E-state index contributed by atoms with van der Waals surface area (Å²) in [4.78, 5) is 16.6. The zero-order valence-electron chi connectivity index (χ0n) is 13.1. The SMILES string of the molecule is COC1CCN(C(=O)c2ccc(N(C)C)cc2)C(CN)C1. The second-order valence-corrected chi connectivity index (χ2v) is 5.71. The molecule has 1 aliphatic rings. The number of amides is 1. The summed E-state index contributed by atoms with van der Waals surface area (Å²) in [5.74, 6) is 0.0605. The molecule has 1 aromatic carbocycles. The number of hydrogen-bond acceptors (Lipinski definition) is 4. The number of benzene rings is 1. The number of hydrogen-bond donors (Lipinski definition) is 1. The molecule has 5 nitrogen and oxygen atoms in total. The molecule has 0 aromatic heterocycles. The molecule has 1 fully saturated rings. The molecule has 116 valence electrons. The van der Waals surface area contributed by atoms with Crippen LogP contribution in [0.4, 0.5) is 5.69 Å². The Morgan fingerprint density at radius 2 is 2.05 bits per heavy atom. The van der Waals surface area contributed by atoms with Gasteiger partial charge in [-0.2, -0.15) is 0 Å². The van der Waals surface area contributed by atoms with Gasteiger partial charge in [0.1, 0.15) is 0 Å². The Hall–Kier alpha value is -1.59. The summed E-state index contributed by atoms with van der Waals surface area (Å²) in [6, 6.07) is 7.75. The summed E-state index contributed by atoms with van der Waals surface area (Å²) in [5.41, 5.74) is 7.64. The largest absolute Gasteiger partial charge is 0.381 e. The first-order chi connectivity index (χ1) is 10.1. The molecule has 1 aliphatic heterocycles. The predicted octanol–water partition coefficient (Wildman–Crippen LogP) is 1.33. The van der Waals surface area contributed by atoms with Gasteiger partial charge in [-0.1, -0.05) is 0 Å². The van der Waals surface area contributed by atoms with E-state index >= 15 is 0 Å². The van der Waals surface area contributed by atoms with E-state index in [1.54, 1.807) is 7.11 Å². The zero-order chi connectivity index (χ0) is 15.4. The van der Waals surface area contributed by atoms with Gasteiger partial charge in [0.25, 0.3) is 5.91 Å². The standard InChI is InChI=1S/C16H25N3O2/c1-18(2)13-6-4-12(5-7-13)16(20)19-9-8-15(21-3)10-14(19)11-17/h4-7,14-15H,8-11,17H2,1-3H3. The van der Waals surface area contributed by atoms with Gasteiger partial charge in [-0.05, 0) is 37.1 Å². The van der Waals surface area contributed by atoms with E-state index in [2.05, 4.69) is 0 Å². The van der Waals surface area contributed by atoms with E-state index in [-0.39, 0.29) is 18.1 Å². The third-order valence-electron chi connectivity index (χ3n) is 4.16. The molecule has 21 heavy (non-hydrogen) atoms. The van der Waals surface area contributed by atoms with E-state index in [9.17, 15) is 4.79 Å². The van der Waals surface area contributed by atoms with Crippen LogP contribution >= 0.6 is 0 Å². The monoisotopic (exact) mass is 291 g/mol. The molecule has 0 saturated carbocycles. The lowest BCUT2D eigenvalue weighted by Gasteiger charge is -2.38. The molecule has 2 atom stereocenters. The highest BCUT2D eigenvalue weighted by Crippen LogP contribution is 2.22. The highest BCUT2D eigenvalue weighted by molar-refractivity contribution is 5.94. The van der Waals surface area contributed by atoms with Crippen LogP contribution in [0.5, 0.6) is 0 Å². The van der Waals surface area contributed by atoms with Crippen LogP contribution in [0.25, 0.3) is 0 Å². The highest BCUT2D eigenvalue weighted by Gasteiger charge is 2.31. The van der Waals surface area contributed by atoms with E-state index in [0.29, 0.717) is 13.1 Å². The van der Waals surface area contributed by atoms with Crippen LogP contribution in [-0.4, -0.2) is 57.2 Å². The number of likely N-dealkylation sites (tertiary alicyclic amines) is 1. The maximum absolute atomic E-state index is 12.7. The number of nitrogens with zero attached hydrogens (tertiary/aromatic N) is 2. The van der Waals surface area contributed by atoms with Crippen molar-refractivity contribution in [3.05, 3.63) is 29.8 Å². The lowest BCUT2D eigenvalue weighted by molar-refractivity contribution is 0.0139. The average molecular weight is 291 g/mol. The smallest absolute Gasteiger partial charge is 0.254 e. The second kappa shape index (κ2) is 6.91. The maximum Gasteiger partial charge on any atom is 0.254 e. The minimum Gasteiger partial charge on any atom is -0.381 e. The van der Waals surface area contributed by atoms with E-state index in [4.69, 9.17) is 10.5 Å². The van der Waals surface area contributed by atoms with Crippen molar-refractivity contribution in [3.8, 4) is 0 Å². The first-order valence-corrected chi connectivity index (χ1v) is 7.38. The minimum atomic E-state index is 0.0599. The summed E-state index contributed by atoms with van der Waals surface area (Å²) >= 11 is 0. The fourth-order valence-corrected chi connectivity index (χ4v) is 2.79. The van der Waals surface area contributed by atoms with Crippen LogP contribution in [0.15, 0.2) is 24.3 Å². The lowest BCUT2D eigenvalue weighted by Crippen LogP contribution is -2.51. The third-order valence-corrected chi connectivity index (χ3v) is 4.16. The fraction of sp³-hybridized carbons (Fsp3) is 0.562. The molecule has 2 unspecified atom stereocenters. The van der Waals surface area contributed by atoms with Crippen molar-refractivity contribution in [3.63, 3.8) is 0 Å². The van der Waals surface area contributed by atoms with Gasteiger partial charge in [0.15, 0.2) is 0 Å². The summed E-state index contributed by atoms with van der Waals surface area (Å²) < 4.78 is 5.40. The van der Waals surface area contributed by atoms with Gasteiger partial charge in [0.2, 0.25) is 0 Å². The van der Waals surface area contributed by atoms with Crippen LogP contribution in [0.2, 0.25) is 0 Å². The molecular formula is C16H25N3O2. The molecule has 1 heterocycles. The molecule has 2 rings (SSSR count). The first kappa shape index (κ1) is 15.8. The van der Waals surface area contributed by atoms with Crippen molar-refractivity contribution in [2.45, 2.75) is 25.0 Å². The van der Waals surface area contributed by atoms with E-state index < -0.39 is 0 Å². The van der Waals surface area contributed by atoms with Crippen molar-refractivity contribution in [2.75, 3.05) is 39.2 Å². The fourth-order valence-electron chi connectivity index (χ4n) is 2.79. The molecule has 0 radical (unpaired) electrons. The van der Waals surface area contributed by atoms with E-state index in [1.807, 2.05) is 48.2 Å². The van der Waals surface area contributed by atoms with Gasteiger partial charge in [0, 0.05) is 51.6 Å². The number of rotatable bonds is 4. The van der Waals surface area contributed by atoms with Crippen molar-refractivity contribution >= 4 is 11.6 Å². The van der Waals surface area contributed by atoms with Crippen LogP contribution in [0.1, 0.15) is 23.2 Å². The van der Waals surface area contributed by atoms with Crippen molar-refractivity contribution < 1.29 is 9.53 Å². The highest BCUT2D eigenvalue weighted by atomic mass is 16.5. The Bertz CT molecular complexity index is 473. The number of methoxy groups -OCH3 is 1. The van der Waals surface area contributed by atoms with Crippen LogP contribution < -0.4 is 10.6 Å². The maximum atomic E-state index is 12.7. The summed E-state index contributed by atoms with van der Waals surface area (Å²) in [5, 5.41) is 0. The Kier molecular flexibility index (Phi) is 5.20. The quantitative estimate of drug-likeness (QED) is 0.909. The van der Waals surface area contributed by atoms with Crippen molar-refractivity contribution in [1.82, 2.24) is 4.90 Å². The topological polar surface area (TPSA) is 58.8 Å². The average Bonchev–Trinajstić information content (AvgIpc) is 2.53. The normalized spacial score (nSPS) is 22.2. The summed E-state index contributed by atoms with van der Waals surface area (Å²) in [6.07, 6.45) is 1.89. The predicted molar refractivity (Wildman–Crippen MR) is 84.7 cm³/mol. The number of ether oxygens (including phenoxy) is 1. The Morgan fingerprint density at radius 1 is 1.38 bits per heavy atom. The van der Waals surface area contributed by atoms with Crippen LogP contribution in [0.3, 0.4) is 0 Å². The van der Waals surface area contributed by atoms with Gasteiger partial charge in [0.05, 0.1) is 6.10 Å². The van der Waals surface area contributed by atoms with Gasteiger partial charge >= 0.3 is 0 Å². The van der Waals surface area contributed by atoms with Crippen LogP contribution in [-0.2, 0) is 4.74 Å². The van der Waals surface area contributed by atoms with E-state index in [1.165, 1.54) is 0 Å². The minimum absolute atomic E-state index is 0.0599. The second-order valence-electron chi connectivity index (χ2n) is 5.71. The van der Waals surface area contributed by atoms with Gasteiger partial charge in [-0.3, -0.25) is 4.79 Å². The van der Waals surface area contributed by atoms with Crippen molar-refractivity contribution in [1.29, 1.82) is 0 Å². The Balaban J connectivity index is 2.11. The lowest BCUT2D eigenvalue weighted by atomic mass is 9.98. The van der Waals surface area contributed by atoms with E-state index in [0.717, 1.165) is 24.1 Å². The van der Waals surface area contributed by atoms with Gasteiger partial charge in [-0.15, -0.1) is 0 Å². The molecule has 5 heteroatoms. The van der Waals surface area contributed by atoms with Gasteiger partial charge < -0.3 is 20.3 Å². The summed E-state index contributed by atoms with van der Waals surface area (Å²) in [6.45, 7) is 1.18. The molecule has 1 aromatic rings. The van der Waals surface area contributed by atoms with Gasteiger partial charge in [-0.25, -0.2) is 0 Å². The molecular weight excluding hydrogens is 266 g/mol. The number of carbonyl (C=O) groups is 1. The van der Waals surface area contributed by atoms with Crippen LogP contribution in [0, 0.1) is 0 Å². The molecule has 1 saturated heterocycles. The number of nitrogens with two attached hydrogens (primary N) is 1. The molecule has 0 bridgehead atoms. The first-order valence-electron chi connectivity index (χ1n) is 7.38. The molecule has 2 N–H and O–H groups in total. The number of carbonyl (C=O) groups excluding carboxylic acids is 1.